The van der Waals surface area contributed by atoms with Crippen LogP contribution in [0.25, 0.3) is 11.0 Å². The van der Waals surface area contributed by atoms with Crippen molar-refractivity contribution in [3.05, 3.63) is 47.8 Å². The lowest BCUT2D eigenvalue weighted by atomic mass is 10.1. The molecule has 0 saturated carbocycles. The number of rotatable bonds is 6. The molecule has 1 aromatic carbocycles. The van der Waals surface area contributed by atoms with E-state index in [9.17, 15) is 4.79 Å². The Kier molecular flexibility index (Phi) is 5.35. The van der Waals surface area contributed by atoms with E-state index in [1.54, 1.807) is 36.2 Å². The van der Waals surface area contributed by atoms with Crippen molar-refractivity contribution in [1.29, 1.82) is 0 Å². The zero-order valence-corrected chi connectivity index (χ0v) is 16.9. The third kappa shape index (κ3) is 3.75. The number of nitrogens with zero attached hydrogens (tertiary/aromatic N) is 4. The number of pyridine rings is 1. The van der Waals surface area contributed by atoms with Gasteiger partial charge in [0.15, 0.2) is 5.65 Å². The van der Waals surface area contributed by atoms with Crippen molar-refractivity contribution in [2.24, 2.45) is 0 Å². The molecule has 0 spiro atoms. The molecule has 3 heterocycles. The van der Waals surface area contributed by atoms with Gasteiger partial charge in [-0.25, -0.2) is 9.67 Å². The molecule has 152 valence electrons. The van der Waals surface area contributed by atoms with Gasteiger partial charge in [-0.1, -0.05) is 0 Å². The first-order valence-electron chi connectivity index (χ1n) is 9.61. The molecule has 0 unspecified atom stereocenters. The number of methoxy groups -OCH3 is 2. The van der Waals surface area contributed by atoms with Crippen molar-refractivity contribution in [1.82, 2.24) is 25.0 Å². The largest absolute Gasteiger partial charge is 0.497 e. The van der Waals surface area contributed by atoms with Gasteiger partial charge in [0.05, 0.1) is 32.5 Å². The summed E-state index contributed by atoms with van der Waals surface area (Å²) in [5.74, 6) is 1.45. The Morgan fingerprint density at radius 3 is 2.86 bits per heavy atom. The topological polar surface area (TPSA) is 81.5 Å². The third-order valence-electron chi connectivity index (χ3n) is 5.44. The normalized spacial score (nSPS) is 16.2. The van der Waals surface area contributed by atoms with Crippen LogP contribution in [0.2, 0.25) is 0 Å². The summed E-state index contributed by atoms with van der Waals surface area (Å²) in [4.78, 5) is 19.1. The standard InChI is InChI=1S/C21H25N5O3/c1-25(17-6-7-22-12-17)21(27)16-8-15-11-24-26(20(15)23-10-16)13-14-4-5-18(28-2)9-19(14)29-3/h4-5,8-11,17,22H,6-7,12-13H2,1-3H3/t17-/m0/s1. The van der Waals surface area contributed by atoms with Crippen molar-refractivity contribution < 1.29 is 14.3 Å². The van der Waals surface area contributed by atoms with Crippen LogP contribution in [-0.4, -0.2) is 66.0 Å². The molecule has 1 atom stereocenters. The monoisotopic (exact) mass is 395 g/mol. The summed E-state index contributed by atoms with van der Waals surface area (Å²) < 4.78 is 12.5. The first-order valence-corrected chi connectivity index (χ1v) is 9.61. The minimum absolute atomic E-state index is 0.0160. The highest BCUT2D eigenvalue weighted by atomic mass is 16.5. The molecular weight excluding hydrogens is 370 g/mol. The van der Waals surface area contributed by atoms with Crippen molar-refractivity contribution in [2.45, 2.75) is 19.0 Å². The van der Waals surface area contributed by atoms with E-state index in [0.717, 1.165) is 47.6 Å². The van der Waals surface area contributed by atoms with E-state index in [2.05, 4.69) is 15.4 Å². The van der Waals surface area contributed by atoms with Gasteiger partial charge in [0.2, 0.25) is 0 Å². The molecule has 4 rings (SSSR count). The number of hydrogen-bond acceptors (Lipinski definition) is 6. The van der Waals surface area contributed by atoms with Crippen LogP contribution in [0.15, 0.2) is 36.7 Å². The first-order chi connectivity index (χ1) is 14.1. The first kappa shape index (κ1) is 19.2. The Balaban J connectivity index is 1.58. The number of ether oxygens (including phenoxy) is 2. The minimum Gasteiger partial charge on any atom is -0.497 e. The van der Waals surface area contributed by atoms with Crippen molar-refractivity contribution in [3.8, 4) is 11.5 Å². The molecule has 29 heavy (non-hydrogen) atoms. The van der Waals surface area contributed by atoms with E-state index in [-0.39, 0.29) is 11.9 Å². The molecule has 8 heteroatoms. The summed E-state index contributed by atoms with van der Waals surface area (Å²) in [6.45, 7) is 2.28. The maximum atomic E-state index is 12.8. The molecule has 1 aliphatic rings. The van der Waals surface area contributed by atoms with E-state index < -0.39 is 0 Å². The van der Waals surface area contributed by atoms with E-state index >= 15 is 0 Å². The van der Waals surface area contributed by atoms with Crippen LogP contribution in [0.4, 0.5) is 0 Å². The van der Waals surface area contributed by atoms with E-state index in [1.165, 1.54) is 0 Å². The highest BCUT2D eigenvalue weighted by Gasteiger charge is 2.24. The molecule has 1 amide bonds. The van der Waals surface area contributed by atoms with E-state index in [4.69, 9.17) is 9.47 Å². The molecular formula is C21H25N5O3. The Bertz CT molecular complexity index is 1030. The van der Waals surface area contributed by atoms with Gasteiger partial charge >= 0.3 is 0 Å². The van der Waals surface area contributed by atoms with Crippen molar-refractivity contribution in [2.75, 3.05) is 34.4 Å². The average Bonchev–Trinajstić information content (AvgIpc) is 3.43. The zero-order valence-electron chi connectivity index (χ0n) is 16.9. The fourth-order valence-corrected chi connectivity index (χ4v) is 3.69. The number of benzene rings is 1. The minimum atomic E-state index is -0.0160. The number of fused-ring (bicyclic) bond motifs is 1. The van der Waals surface area contributed by atoms with E-state index in [1.807, 2.05) is 31.3 Å². The number of carbonyl (C=O) groups excluding carboxylic acids is 1. The van der Waals surface area contributed by atoms with Crippen molar-refractivity contribution >= 4 is 16.9 Å². The third-order valence-corrected chi connectivity index (χ3v) is 5.44. The summed E-state index contributed by atoms with van der Waals surface area (Å²) >= 11 is 0. The quantitative estimate of drug-likeness (QED) is 0.687. The number of nitrogens with one attached hydrogen (secondary N) is 1. The SMILES string of the molecule is COc1ccc(Cn2ncc3cc(C(=O)N(C)[C@H]4CCNC4)cnc32)c(OC)c1. The van der Waals surface area contributed by atoms with Crippen LogP contribution in [0, 0.1) is 0 Å². The average molecular weight is 395 g/mol. The Hall–Kier alpha value is -3.13. The molecule has 3 aromatic rings. The van der Waals surface area contributed by atoms with Crippen molar-refractivity contribution in [3.63, 3.8) is 0 Å². The number of likely N-dealkylation sites (N-methyl/N-ethyl adjacent to an activating group) is 1. The Morgan fingerprint density at radius 1 is 1.28 bits per heavy atom. The van der Waals surface area contributed by atoms with Gasteiger partial charge in [-0.15, -0.1) is 0 Å². The smallest absolute Gasteiger partial charge is 0.255 e. The van der Waals surface area contributed by atoms with Crippen LogP contribution >= 0.6 is 0 Å². The molecule has 0 radical (unpaired) electrons. The summed E-state index contributed by atoms with van der Waals surface area (Å²) in [5, 5.41) is 8.59. The highest BCUT2D eigenvalue weighted by Crippen LogP contribution is 2.26. The summed E-state index contributed by atoms with van der Waals surface area (Å²) in [6.07, 6.45) is 4.35. The van der Waals surface area contributed by atoms with Gasteiger partial charge in [-0.05, 0) is 31.2 Å². The second-order valence-electron chi connectivity index (χ2n) is 7.18. The molecule has 1 fully saturated rings. The second-order valence-corrected chi connectivity index (χ2v) is 7.18. The zero-order chi connectivity index (χ0) is 20.4. The van der Waals surface area contributed by atoms with Crippen LogP contribution < -0.4 is 14.8 Å². The van der Waals surface area contributed by atoms with Gasteiger partial charge in [-0.2, -0.15) is 5.10 Å². The van der Waals surface area contributed by atoms with Crippen LogP contribution in [0.3, 0.4) is 0 Å². The Morgan fingerprint density at radius 2 is 2.14 bits per heavy atom. The lowest BCUT2D eigenvalue weighted by Crippen LogP contribution is -2.38. The van der Waals surface area contributed by atoms with Gasteiger partial charge < -0.3 is 19.7 Å². The number of aromatic nitrogens is 3. The summed E-state index contributed by atoms with van der Waals surface area (Å²) in [5.41, 5.74) is 2.27. The van der Waals surface area contributed by atoms with Crippen LogP contribution in [-0.2, 0) is 6.54 Å². The van der Waals surface area contributed by atoms with Gasteiger partial charge in [-0.3, -0.25) is 4.79 Å². The fraction of sp³-hybridized carbons (Fsp3) is 0.381. The lowest BCUT2D eigenvalue weighted by molar-refractivity contribution is 0.0743. The molecule has 1 N–H and O–H groups in total. The van der Waals surface area contributed by atoms with Gasteiger partial charge in [0.25, 0.3) is 5.91 Å². The number of carbonyl (C=O) groups is 1. The predicted octanol–water partition coefficient (Wildman–Crippen LogP) is 1.93. The predicted molar refractivity (Wildman–Crippen MR) is 110 cm³/mol. The maximum Gasteiger partial charge on any atom is 0.255 e. The molecule has 8 nitrogen and oxygen atoms in total. The lowest BCUT2D eigenvalue weighted by Gasteiger charge is -2.23. The molecule has 2 aromatic heterocycles. The number of amides is 1. The molecule has 1 saturated heterocycles. The molecule has 0 aliphatic carbocycles. The van der Waals surface area contributed by atoms with Gasteiger partial charge in [0.1, 0.15) is 11.5 Å². The fourth-order valence-electron chi connectivity index (χ4n) is 3.69. The van der Waals surface area contributed by atoms with Gasteiger partial charge in [0, 0.05) is 42.8 Å². The maximum absolute atomic E-state index is 12.8. The van der Waals surface area contributed by atoms with Crippen LogP contribution in [0.1, 0.15) is 22.3 Å². The second kappa shape index (κ2) is 8.08. The van der Waals surface area contributed by atoms with Crippen LogP contribution in [0.5, 0.6) is 11.5 Å². The highest BCUT2D eigenvalue weighted by molar-refractivity contribution is 5.96. The molecule has 0 bridgehead atoms. The molecule has 1 aliphatic heterocycles. The summed E-state index contributed by atoms with van der Waals surface area (Å²) in [7, 11) is 5.11. The summed E-state index contributed by atoms with van der Waals surface area (Å²) in [6, 6.07) is 7.77. The Labute approximate surface area is 169 Å². The number of hydrogen-bond donors (Lipinski definition) is 1. The van der Waals surface area contributed by atoms with E-state index in [0.29, 0.717) is 12.1 Å².